The maximum absolute atomic E-state index is 10.7. The van der Waals surface area contributed by atoms with Crippen LogP contribution >= 0.6 is 0 Å². The largest absolute Gasteiger partial charge is 0.249 e. The van der Waals surface area contributed by atoms with Gasteiger partial charge >= 0.3 is 0 Å². The Hall–Kier alpha value is -0.185. The van der Waals surface area contributed by atoms with E-state index in [1.807, 2.05) is 0 Å². The molecule has 41 valence electrons. The van der Waals surface area contributed by atoms with Crippen LogP contribution in [0.15, 0.2) is 0 Å². The highest BCUT2D eigenvalue weighted by atomic mass is 19.4. The Bertz CT molecular complexity index is 34.1. The molecule has 0 aromatic carbocycles. The van der Waals surface area contributed by atoms with E-state index in [2.05, 4.69) is 0 Å². The fourth-order valence-corrected chi connectivity index (χ4v) is 0.0639. The highest BCUT2D eigenvalue weighted by Gasteiger charge is 1.93. The van der Waals surface area contributed by atoms with Crippen LogP contribution in [0, 0.1) is 0 Å². The molecule has 0 heterocycles. The normalized spacial score (nSPS) is 8.57. The van der Waals surface area contributed by atoms with Crippen LogP contribution in [-0.2, 0) is 0 Å². The Balaban J connectivity index is 0. The fourth-order valence-electron chi connectivity index (χ4n) is 0.0639. The Kier molecular flexibility index (Phi) is 8.26. The summed E-state index contributed by atoms with van der Waals surface area (Å²) in [6, 6.07) is 0. The summed E-state index contributed by atoms with van der Waals surface area (Å²) >= 11 is 0. The minimum absolute atomic E-state index is 0. The zero-order valence-electron chi connectivity index (χ0n) is 3.57. The van der Waals surface area contributed by atoms with Gasteiger partial charge in [-0.05, 0) is 0 Å². The first-order chi connectivity index (χ1) is 2.77. The lowest BCUT2D eigenvalue weighted by atomic mass is 10.8. The monoisotopic (exact) mass is 110 g/mol. The molecule has 0 fully saturated rings. The maximum Gasteiger partial charge on any atom is 0.107 e. The van der Waals surface area contributed by atoms with Gasteiger partial charge in [-0.1, -0.05) is 0 Å². The van der Waals surface area contributed by atoms with Gasteiger partial charge in [0.15, 0.2) is 0 Å². The van der Waals surface area contributed by atoms with Gasteiger partial charge in [0.2, 0.25) is 0 Å². The number of rotatable bonds is 2. The summed E-state index contributed by atoms with van der Waals surface area (Å²) in [5.41, 5.74) is 0. The van der Waals surface area contributed by atoms with Gasteiger partial charge in [-0.2, -0.15) is 0 Å². The zero-order valence-corrected chi connectivity index (χ0v) is 3.57. The molecule has 0 unspecified atom stereocenters. The lowest BCUT2D eigenvalue weighted by molar-refractivity contribution is -0.154. The smallest absolute Gasteiger partial charge is 0.107 e. The van der Waals surface area contributed by atoms with E-state index in [1.165, 1.54) is 0 Å². The number of hydrogen-bond acceptors (Lipinski definition) is 1. The molecule has 0 aliphatic heterocycles. The van der Waals surface area contributed by atoms with Crippen molar-refractivity contribution in [2.24, 2.45) is 0 Å². The van der Waals surface area contributed by atoms with Crippen LogP contribution in [0.3, 0.4) is 0 Å². The minimum Gasteiger partial charge on any atom is -0.249 e. The Morgan fingerprint density at radius 3 is 1.71 bits per heavy atom. The summed E-state index contributed by atoms with van der Waals surface area (Å²) in [5, 5.41) is -1.19. The van der Waals surface area contributed by atoms with E-state index in [0.717, 1.165) is 0 Å². The van der Waals surface area contributed by atoms with E-state index in [9.17, 15) is 13.4 Å². The number of alkyl halides is 1. The van der Waals surface area contributed by atoms with Crippen LogP contribution in [0.25, 0.3) is 0 Å². The maximum atomic E-state index is 10.7. The molecule has 5 heteroatoms. The molecule has 0 bridgehead atoms. The predicted molar refractivity (Wildman–Crippen MR) is 20.7 cm³/mol. The molecule has 0 rings (SSSR count). The summed E-state index contributed by atoms with van der Waals surface area (Å²) in [6.45, 7) is -1.78. The predicted octanol–water partition coefficient (Wildman–Crippen LogP) is 0.646. The van der Waals surface area contributed by atoms with Crippen molar-refractivity contribution in [3.8, 4) is 0 Å². The van der Waals surface area contributed by atoms with Crippen molar-refractivity contribution in [1.82, 2.24) is 5.34 Å². The second kappa shape index (κ2) is 5.81. The van der Waals surface area contributed by atoms with Gasteiger partial charge in [-0.15, -0.1) is 8.96 Å². The second-order valence-electron chi connectivity index (χ2n) is 0.716. The van der Waals surface area contributed by atoms with E-state index >= 15 is 0 Å². The SMILES string of the molecule is FCCN(F)F.[B]. The van der Waals surface area contributed by atoms with Crippen LogP contribution < -0.4 is 0 Å². The van der Waals surface area contributed by atoms with Crippen molar-refractivity contribution in [3.63, 3.8) is 0 Å². The molecule has 0 N–H and O–H groups in total. The average Bonchev–Trinajstić information content (AvgIpc) is 1.35. The molecule has 3 radical (unpaired) electrons. The number of hydrogen-bond donors (Lipinski definition) is 0. The topological polar surface area (TPSA) is 3.24 Å². The standard InChI is InChI=1S/C2H4F3N.B/c3-1-2-6(4)5;/h1-2H2;. The van der Waals surface area contributed by atoms with Crippen molar-refractivity contribution < 1.29 is 13.4 Å². The van der Waals surface area contributed by atoms with E-state index in [4.69, 9.17) is 0 Å². The molecule has 0 amide bonds. The molecule has 1 nitrogen and oxygen atoms in total. The zero-order chi connectivity index (χ0) is 4.99. The highest BCUT2D eigenvalue weighted by Crippen LogP contribution is 1.85. The molecule has 0 aromatic heterocycles. The quantitative estimate of drug-likeness (QED) is 0.372. The third-order valence-electron chi connectivity index (χ3n) is 0.254. The molecule has 0 spiro atoms. The van der Waals surface area contributed by atoms with E-state index < -0.39 is 18.6 Å². The first-order valence-corrected chi connectivity index (χ1v) is 1.42. The van der Waals surface area contributed by atoms with Crippen LogP contribution in [0.1, 0.15) is 0 Å². The summed E-state index contributed by atoms with van der Waals surface area (Å²) in [6.07, 6.45) is 0. The average molecular weight is 110 g/mol. The summed E-state index contributed by atoms with van der Waals surface area (Å²) in [7, 11) is 0. The lowest BCUT2D eigenvalue weighted by Gasteiger charge is -1.89. The molecule has 0 atom stereocenters. The summed E-state index contributed by atoms with van der Waals surface area (Å²) < 4.78 is 32.0. The first-order valence-electron chi connectivity index (χ1n) is 1.42. The van der Waals surface area contributed by atoms with Crippen molar-refractivity contribution in [2.75, 3.05) is 13.2 Å². The third kappa shape index (κ3) is 10.7. The molecular formula is C2H4BF3N. The minimum atomic E-state index is -1.19. The molecule has 0 saturated heterocycles. The third-order valence-corrected chi connectivity index (χ3v) is 0.254. The van der Waals surface area contributed by atoms with Crippen molar-refractivity contribution in [2.45, 2.75) is 0 Å². The van der Waals surface area contributed by atoms with Gasteiger partial charge < -0.3 is 0 Å². The molecule has 0 aliphatic rings. The van der Waals surface area contributed by atoms with Gasteiger partial charge in [-0.25, -0.2) is 4.39 Å². The fraction of sp³-hybridized carbons (Fsp3) is 1.00. The highest BCUT2D eigenvalue weighted by molar-refractivity contribution is 5.75. The van der Waals surface area contributed by atoms with Crippen LogP contribution in [-0.4, -0.2) is 27.0 Å². The van der Waals surface area contributed by atoms with Crippen molar-refractivity contribution in [1.29, 1.82) is 0 Å². The van der Waals surface area contributed by atoms with E-state index in [0.29, 0.717) is 0 Å². The first kappa shape index (κ1) is 9.94. The lowest BCUT2D eigenvalue weighted by Crippen LogP contribution is -2.03. The van der Waals surface area contributed by atoms with Gasteiger partial charge in [0.1, 0.15) is 6.67 Å². The molecule has 0 aliphatic carbocycles. The Labute approximate surface area is 41.6 Å². The van der Waals surface area contributed by atoms with E-state index in [1.54, 1.807) is 0 Å². The van der Waals surface area contributed by atoms with Crippen LogP contribution in [0.5, 0.6) is 0 Å². The van der Waals surface area contributed by atoms with Gasteiger partial charge in [0.25, 0.3) is 0 Å². The van der Waals surface area contributed by atoms with Gasteiger partial charge in [-0.3, -0.25) is 0 Å². The van der Waals surface area contributed by atoms with Gasteiger partial charge in [0.05, 0.1) is 6.54 Å². The van der Waals surface area contributed by atoms with Crippen LogP contribution in [0.4, 0.5) is 13.4 Å². The summed E-state index contributed by atoms with van der Waals surface area (Å²) in [5.74, 6) is 0. The Morgan fingerprint density at radius 2 is 1.71 bits per heavy atom. The molecule has 0 aromatic rings. The van der Waals surface area contributed by atoms with Crippen molar-refractivity contribution in [3.05, 3.63) is 0 Å². The molecule has 0 saturated carbocycles. The Morgan fingerprint density at radius 1 is 1.29 bits per heavy atom. The summed E-state index contributed by atoms with van der Waals surface area (Å²) in [4.78, 5) is 0. The van der Waals surface area contributed by atoms with Gasteiger partial charge in [0, 0.05) is 13.8 Å². The molecular weight excluding hydrogens is 106 g/mol. The van der Waals surface area contributed by atoms with Crippen molar-refractivity contribution >= 4 is 8.41 Å². The van der Waals surface area contributed by atoms with E-state index in [-0.39, 0.29) is 8.41 Å². The van der Waals surface area contributed by atoms with Crippen LogP contribution in [0.2, 0.25) is 0 Å². The number of nitrogens with zero attached hydrogens (tertiary/aromatic N) is 1. The molecule has 7 heavy (non-hydrogen) atoms. The second-order valence-corrected chi connectivity index (χ2v) is 0.716. The number of halogens is 3.